The number of halogens is 1. The number of anilines is 1. The van der Waals surface area contributed by atoms with Gasteiger partial charge in [-0.15, -0.1) is 0 Å². The van der Waals surface area contributed by atoms with E-state index >= 15 is 0 Å². The van der Waals surface area contributed by atoms with Crippen molar-refractivity contribution in [1.29, 1.82) is 0 Å². The first-order valence-electron chi connectivity index (χ1n) is 7.87. The third-order valence-corrected chi connectivity index (χ3v) is 5.40. The second-order valence-electron chi connectivity index (χ2n) is 6.15. The van der Waals surface area contributed by atoms with Crippen LogP contribution in [0.1, 0.15) is 29.8 Å². The van der Waals surface area contributed by atoms with E-state index in [2.05, 4.69) is 10.0 Å². The molecule has 0 aromatic heterocycles. The molecule has 5 nitrogen and oxygen atoms in total. The summed E-state index contributed by atoms with van der Waals surface area (Å²) in [6.07, 6.45) is 0. The van der Waals surface area contributed by atoms with Gasteiger partial charge in [0.15, 0.2) is 0 Å². The Morgan fingerprint density at radius 2 is 1.76 bits per heavy atom. The van der Waals surface area contributed by atoms with Crippen molar-refractivity contribution in [3.05, 3.63) is 58.6 Å². The molecule has 0 aliphatic heterocycles. The van der Waals surface area contributed by atoms with Gasteiger partial charge in [-0.05, 0) is 54.8 Å². The molecule has 0 spiro atoms. The zero-order chi connectivity index (χ0) is 18.6. The second kappa shape index (κ2) is 7.89. The zero-order valence-electron chi connectivity index (χ0n) is 14.3. The van der Waals surface area contributed by atoms with Gasteiger partial charge in [0, 0.05) is 17.1 Å². The summed E-state index contributed by atoms with van der Waals surface area (Å²) >= 11 is 6.02. The van der Waals surface area contributed by atoms with Crippen LogP contribution in [0.15, 0.2) is 47.4 Å². The fourth-order valence-corrected chi connectivity index (χ4v) is 3.40. The highest BCUT2D eigenvalue weighted by Gasteiger charge is 2.17. The Balaban J connectivity index is 2.17. The van der Waals surface area contributed by atoms with E-state index in [0.29, 0.717) is 34.3 Å². The van der Waals surface area contributed by atoms with E-state index in [0.717, 1.165) is 0 Å². The molecule has 0 radical (unpaired) electrons. The quantitative estimate of drug-likeness (QED) is 0.799. The average molecular weight is 381 g/mol. The summed E-state index contributed by atoms with van der Waals surface area (Å²) in [5.74, 6) is 0.116. The van der Waals surface area contributed by atoms with Gasteiger partial charge in [0.2, 0.25) is 0 Å². The maximum Gasteiger partial charge on any atom is 0.261 e. The first-order valence-corrected chi connectivity index (χ1v) is 9.73. The molecule has 25 heavy (non-hydrogen) atoms. The van der Waals surface area contributed by atoms with Crippen molar-refractivity contribution in [2.45, 2.75) is 25.7 Å². The lowest BCUT2D eigenvalue weighted by Crippen LogP contribution is -2.27. The fourth-order valence-electron chi connectivity index (χ4n) is 2.11. The Kier molecular flexibility index (Phi) is 6.08. The third-order valence-electron chi connectivity index (χ3n) is 3.61. The van der Waals surface area contributed by atoms with Crippen LogP contribution in [0, 0.1) is 12.8 Å². The van der Waals surface area contributed by atoms with Gasteiger partial charge in [-0.2, -0.15) is 0 Å². The van der Waals surface area contributed by atoms with Gasteiger partial charge in [0.05, 0.1) is 10.6 Å². The molecule has 2 aromatic carbocycles. The fraction of sp³-hybridized carbons (Fsp3) is 0.278. The van der Waals surface area contributed by atoms with Gasteiger partial charge in [0.25, 0.3) is 15.9 Å². The number of carbonyl (C=O) groups excluding carboxylic acids is 1. The maximum absolute atomic E-state index is 12.5. The van der Waals surface area contributed by atoms with E-state index in [9.17, 15) is 13.2 Å². The number of sulfonamides is 1. The molecule has 0 atom stereocenters. The van der Waals surface area contributed by atoms with Crippen LogP contribution in [0.2, 0.25) is 5.02 Å². The topological polar surface area (TPSA) is 75.3 Å². The van der Waals surface area contributed by atoms with E-state index in [1.54, 1.807) is 25.1 Å². The van der Waals surface area contributed by atoms with Crippen molar-refractivity contribution in [3.8, 4) is 0 Å². The molecule has 0 unspecified atom stereocenters. The van der Waals surface area contributed by atoms with Crippen molar-refractivity contribution in [2.75, 3.05) is 11.3 Å². The first kappa shape index (κ1) is 19.3. The summed E-state index contributed by atoms with van der Waals surface area (Å²) < 4.78 is 27.5. The van der Waals surface area contributed by atoms with Gasteiger partial charge in [-0.3, -0.25) is 9.52 Å². The van der Waals surface area contributed by atoms with Crippen molar-refractivity contribution in [3.63, 3.8) is 0 Å². The van der Waals surface area contributed by atoms with Crippen molar-refractivity contribution in [2.24, 2.45) is 5.92 Å². The van der Waals surface area contributed by atoms with Crippen LogP contribution in [0.25, 0.3) is 0 Å². The lowest BCUT2D eigenvalue weighted by Gasteiger charge is -2.12. The minimum absolute atomic E-state index is 0.0762. The summed E-state index contributed by atoms with van der Waals surface area (Å²) in [5.41, 5.74) is 1.49. The number of benzene rings is 2. The van der Waals surface area contributed by atoms with Gasteiger partial charge in [-0.1, -0.05) is 31.5 Å². The van der Waals surface area contributed by atoms with Crippen molar-refractivity contribution in [1.82, 2.24) is 5.32 Å². The van der Waals surface area contributed by atoms with Crippen LogP contribution in [-0.2, 0) is 10.0 Å². The smallest absolute Gasteiger partial charge is 0.261 e. The lowest BCUT2D eigenvalue weighted by atomic mass is 10.2. The van der Waals surface area contributed by atoms with E-state index in [1.165, 1.54) is 24.3 Å². The molecule has 0 aliphatic carbocycles. The predicted molar refractivity (Wildman–Crippen MR) is 101 cm³/mol. The standard InChI is InChI=1S/C18H21ClN2O3S/c1-12(2)11-20-18(22)14-7-9-15(10-8-14)25(23,24)21-17-6-4-5-16(19)13(17)3/h4-10,12,21H,11H2,1-3H3,(H,20,22). The molecule has 0 heterocycles. The van der Waals surface area contributed by atoms with Crippen molar-refractivity contribution >= 4 is 33.2 Å². The van der Waals surface area contributed by atoms with Crippen LogP contribution < -0.4 is 10.0 Å². The Labute approximate surface area is 153 Å². The maximum atomic E-state index is 12.5. The summed E-state index contributed by atoms with van der Waals surface area (Å²) in [4.78, 5) is 12.1. The van der Waals surface area contributed by atoms with Gasteiger partial charge < -0.3 is 5.32 Å². The van der Waals surface area contributed by atoms with Gasteiger partial charge >= 0.3 is 0 Å². The predicted octanol–water partition coefficient (Wildman–Crippen LogP) is 3.84. The summed E-state index contributed by atoms with van der Waals surface area (Å²) in [6.45, 7) is 6.30. The van der Waals surface area contributed by atoms with Crippen LogP contribution in [-0.4, -0.2) is 20.9 Å². The van der Waals surface area contributed by atoms with Crippen LogP contribution in [0.5, 0.6) is 0 Å². The number of amides is 1. The minimum Gasteiger partial charge on any atom is -0.352 e. The molecule has 0 bridgehead atoms. The molecule has 0 saturated heterocycles. The molecule has 0 fully saturated rings. The number of rotatable bonds is 6. The monoisotopic (exact) mass is 380 g/mol. The van der Waals surface area contributed by atoms with E-state index in [-0.39, 0.29) is 10.8 Å². The summed E-state index contributed by atoms with van der Waals surface area (Å²) in [7, 11) is -3.76. The third kappa shape index (κ3) is 4.96. The highest BCUT2D eigenvalue weighted by Crippen LogP contribution is 2.25. The minimum atomic E-state index is -3.76. The Morgan fingerprint density at radius 3 is 2.36 bits per heavy atom. The molecule has 2 aromatic rings. The largest absolute Gasteiger partial charge is 0.352 e. The second-order valence-corrected chi connectivity index (χ2v) is 8.24. The zero-order valence-corrected chi connectivity index (χ0v) is 15.9. The Bertz CT molecular complexity index is 862. The number of hydrogen-bond donors (Lipinski definition) is 2. The van der Waals surface area contributed by atoms with E-state index in [4.69, 9.17) is 11.6 Å². The highest BCUT2D eigenvalue weighted by molar-refractivity contribution is 7.92. The van der Waals surface area contributed by atoms with Crippen LogP contribution in [0.4, 0.5) is 5.69 Å². The van der Waals surface area contributed by atoms with Crippen molar-refractivity contribution < 1.29 is 13.2 Å². The van der Waals surface area contributed by atoms with Crippen LogP contribution in [0.3, 0.4) is 0 Å². The first-order chi connectivity index (χ1) is 11.7. The van der Waals surface area contributed by atoms with Gasteiger partial charge in [0.1, 0.15) is 0 Å². The SMILES string of the molecule is Cc1c(Cl)cccc1NS(=O)(=O)c1ccc(C(=O)NCC(C)C)cc1. The van der Waals surface area contributed by atoms with Crippen LogP contribution >= 0.6 is 11.6 Å². The highest BCUT2D eigenvalue weighted by atomic mass is 35.5. The van der Waals surface area contributed by atoms with Gasteiger partial charge in [-0.25, -0.2) is 8.42 Å². The molecule has 7 heteroatoms. The summed E-state index contributed by atoms with van der Waals surface area (Å²) in [6, 6.07) is 10.8. The molecular weight excluding hydrogens is 360 g/mol. The van der Waals surface area contributed by atoms with E-state index in [1.807, 2.05) is 13.8 Å². The normalized spacial score (nSPS) is 11.4. The number of nitrogens with one attached hydrogen (secondary N) is 2. The van der Waals surface area contributed by atoms with E-state index < -0.39 is 10.0 Å². The average Bonchev–Trinajstić information content (AvgIpc) is 2.57. The molecule has 0 saturated carbocycles. The Morgan fingerprint density at radius 1 is 1.12 bits per heavy atom. The molecule has 1 amide bonds. The summed E-state index contributed by atoms with van der Waals surface area (Å²) in [5, 5.41) is 3.28. The molecular formula is C18H21ClN2O3S. The number of hydrogen-bond acceptors (Lipinski definition) is 3. The molecule has 0 aliphatic rings. The molecule has 2 rings (SSSR count). The number of carbonyl (C=O) groups is 1. The lowest BCUT2D eigenvalue weighted by molar-refractivity contribution is 0.0949. The molecule has 134 valence electrons. The molecule has 2 N–H and O–H groups in total. The Hall–Kier alpha value is -2.05.